The van der Waals surface area contributed by atoms with E-state index >= 15 is 0 Å². The summed E-state index contributed by atoms with van der Waals surface area (Å²) in [7, 11) is 0. The van der Waals surface area contributed by atoms with Gasteiger partial charge in [0.2, 0.25) is 0 Å². The first kappa shape index (κ1) is 16.0. The van der Waals surface area contributed by atoms with Gasteiger partial charge >= 0.3 is 0 Å². The first-order valence-electron chi connectivity index (χ1n) is 8.34. The predicted octanol–water partition coefficient (Wildman–Crippen LogP) is 5.36. The molecular weight excluding hydrogens is 304 g/mol. The third kappa shape index (κ3) is 4.33. The molecule has 1 heterocycles. The van der Waals surface area contributed by atoms with Crippen LogP contribution in [0.2, 0.25) is 5.02 Å². The zero-order valence-corrected chi connectivity index (χ0v) is 14.2. The van der Waals surface area contributed by atoms with E-state index in [0.29, 0.717) is 16.8 Å². The van der Waals surface area contributed by atoms with E-state index in [-0.39, 0.29) is 0 Å². The van der Waals surface area contributed by atoms with Crippen LogP contribution in [0.25, 0.3) is 11.4 Å². The molecule has 118 valence electrons. The van der Waals surface area contributed by atoms with Crippen molar-refractivity contribution in [2.75, 3.05) is 0 Å². The Bertz CT molecular complexity index is 687. The van der Waals surface area contributed by atoms with Crippen molar-refractivity contribution in [1.82, 2.24) is 9.97 Å². The monoisotopic (exact) mass is 324 g/mol. The van der Waals surface area contributed by atoms with Gasteiger partial charge in [0.05, 0.1) is 5.56 Å². The normalized spacial score (nSPS) is 20.6. The molecule has 2 aromatic rings. The average molecular weight is 325 g/mol. The summed E-state index contributed by atoms with van der Waals surface area (Å²) in [5, 5.41) is 0.717. The highest BCUT2D eigenvalue weighted by Gasteiger charge is 2.18. The molecule has 3 heteroatoms. The molecule has 1 saturated carbocycles. The molecular formula is C20H21ClN2. The van der Waals surface area contributed by atoms with E-state index in [4.69, 9.17) is 11.6 Å². The first-order chi connectivity index (χ1) is 11.2. The third-order valence-corrected chi connectivity index (χ3v) is 4.85. The van der Waals surface area contributed by atoms with Gasteiger partial charge in [0.25, 0.3) is 0 Å². The molecule has 3 rings (SSSR count). The van der Waals surface area contributed by atoms with Crippen molar-refractivity contribution in [2.45, 2.75) is 39.0 Å². The molecule has 1 aromatic heterocycles. The molecule has 0 aliphatic heterocycles. The highest BCUT2D eigenvalue weighted by molar-refractivity contribution is 6.30. The maximum Gasteiger partial charge on any atom is 0.159 e. The minimum absolute atomic E-state index is 0.536. The predicted molar refractivity (Wildman–Crippen MR) is 95.1 cm³/mol. The van der Waals surface area contributed by atoms with E-state index in [2.05, 4.69) is 28.7 Å². The van der Waals surface area contributed by atoms with Crippen molar-refractivity contribution >= 4 is 11.6 Å². The second-order valence-electron chi connectivity index (χ2n) is 6.20. The van der Waals surface area contributed by atoms with E-state index < -0.39 is 0 Å². The van der Waals surface area contributed by atoms with Crippen LogP contribution in [0.5, 0.6) is 0 Å². The molecule has 1 fully saturated rings. The molecule has 1 aliphatic carbocycles. The van der Waals surface area contributed by atoms with Crippen molar-refractivity contribution < 1.29 is 0 Å². The Morgan fingerprint density at radius 2 is 1.70 bits per heavy atom. The quantitative estimate of drug-likeness (QED) is 0.694. The van der Waals surface area contributed by atoms with E-state index in [0.717, 1.165) is 17.0 Å². The van der Waals surface area contributed by atoms with Crippen LogP contribution in [0.1, 0.15) is 44.6 Å². The van der Waals surface area contributed by atoms with Crippen molar-refractivity contribution in [3.63, 3.8) is 0 Å². The number of aromatic nitrogens is 2. The van der Waals surface area contributed by atoms with Gasteiger partial charge in [-0.05, 0) is 55.9 Å². The molecule has 2 nitrogen and oxygen atoms in total. The van der Waals surface area contributed by atoms with Crippen LogP contribution in [-0.4, -0.2) is 9.97 Å². The summed E-state index contributed by atoms with van der Waals surface area (Å²) in [5.41, 5.74) is 1.85. The minimum atomic E-state index is 0.536. The fraction of sp³-hybridized carbons (Fsp3) is 0.400. The van der Waals surface area contributed by atoms with Crippen LogP contribution in [0, 0.1) is 23.7 Å². The summed E-state index contributed by atoms with van der Waals surface area (Å²) in [5.74, 6) is 8.79. The summed E-state index contributed by atoms with van der Waals surface area (Å²) in [6.45, 7) is 2.29. The maximum absolute atomic E-state index is 5.90. The van der Waals surface area contributed by atoms with Gasteiger partial charge in [-0.1, -0.05) is 36.8 Å². The summed E-state index contributed by atoms with van der Waals surface area (Å²) in [6, 6.07) is 7.55. The van der Waals surface area contributed by atoms with Gasteiger partial charge in [0.1, 0.15) is 0 Å². The van der Waals surface area contributed by atoms with Crippen LogP contribution < -0.4 is 0 Å². The van der Waals surface area contributed by atoms with Crippen molar-refractivity contribution in [1.29, 1.82) is 0 Å². The molecule has 0 N–H and O–H groups in total. The molecule has 0 unspecified atom stereocenters. The van der Waals surface area contributed by atoms with Crippen molar-refractivity contribution in [3.8, 4) is 23.2 Å². The molecule has 1 aliphatic rings. The second kappa shape index (κ2) is 7.62. The smallest absolute Gasteiger partial charge is 0.159 e. The van der Waals surface area contributed by atoms with Crippen LogP contribution in [0.15, 0.2) is 36.7 Å². The fourth-order valence-corrected chi connectivity index (χ4v) is 3.17. The van der Waals surface area contributed by atoms with Crippen molar-refractivity contribution in [3.05, 3.63) is 47.2 Å². The van der Waals surface area contributed by atoms with Gasteiger partial charge in [-0.2, -0.15) is 0 Å². The van der Waals surface area contributed by atoms with Crippen LogP contribution in [0.3, 0.4) is 0 Å². The molecule has 23 heavy (non-hydrogen) atoms. The zero-order valence-electron chi connectivity index (χ0n) is 13.4. The SMILES string of the molecule is CCC1CCC(C#Cc2cnc(-c3ccc(Cl)cc3)nc2)CC1. The Balaban J connectivity index is 1.64. The third-order valence-electron chi connectivity index (χ3n) is 4.60. The molecule has 0 amide bonds. The first-order valence-corrected chi connectivity index (χ1v) is 8.72. The van der Waals surface area contributed by atoms with E-state index in [1.165, 1.54) is 32.1 Å². The average Bonchev–Trinajstić information content (AvgIpc) is 2.61. The topological polar surface area (TPSA) is 25.8 Å². The van der Waals surface area contributed by atoms with Gasteiger partial charge in [0, 0.05) is 28.9 Å². The second-order valence-corrected chi connectivity index (χ2v) is 6.63. The lowest BCUT2D eigenvalue weighted by molar-refractivity contribution is 0.309. The number of benzene rings is 1. The molecule has 0 spiro atoms. The van der Waals surface area contributed by atoms with Gasteiger partial charge in [0.15, 0.2) is 5.82 Å². The fourth-order valence-electron chi connectivity index (χ4n) is 3.04. The standard InChI is InChI=1S/C20H21ClN2/c1-2-15-3-5-16(6-4-15)7-8-17-13-22-20(23-14-17)18-9-11-19(21)12-10-18/h9-16H,2-6H2,1H3. The Morgan fingerprint density at radius 1 is 1.04 bits per heavy atom. The number of nitrogens with zero attached hydrogens (tertiary/aromatic N) is 2. The Kier molecular flexibility index (Phi) is 5.31. The zero-order chi connectivity index (χ0) is 16.1. The van der Waals surface area contributed by atoms with E-state index in [1.807, 2.05) is 36.7 Å². The van der Waals surface area contributed by atoms with E-state index in [9.17, 15) is 0 Å². The lowest BCUT2D eigenvalue weighted by atomic mass is 9.81. The molecule has 0 radical (unpaired) electrons. The molecule has 0 bridgehead atoms. The summed E-state index contributed by atoms with van der Waals surface area (Å²) >= 11 is 5.90. The molecule has 0 saturated heterocycles. The Morgan fingerprint density at radius 3 is 2.30 bits per heavy atom. The summed E-state index contributed by atoms with van der Waals surface area (Å²) < 4.78 is 0. The Labute approximate surface area is 143 Å². The lowest BCUT2D eigenvalue weighted by Gasteiger charge is -2.24. The minimum Gasteiger partial charge on any atom is -0.235 e. The largest absolute Gasteiger partial charge is 0.235 e. The van der Waals surface area contributed by atoms with Gasteiger partial charge in [-0.25, -0.2) is 9.97 Å². The Hall–Kier alpha value is -1.85. The molecule has 1 aromatic carbocycles. The van der Waals surface area contributed by atoms with Crippen LogP contribution >= 0.6 is 11.6 Å². The van der Waals surface area contributed by atoms with Gasteiger partial charge in [-0.3, -0.25) is 0 Å². The summed E-state index contributed by atoms with van der Waals surface area (Å²) in [6.07, 6.45) is 10.0. The highest BCUT2D eigenvalue weighted by atomic mass is 35.5. The highest BCUT2D eigenvalue weighted by Crippen LogP contribution is 2.30. The molecule has 0 atom stereocenters. The number of rotatable bonds is 2. The lowest BCUT2D eigenvalue weighted by Crippen LogP contribution is -2.12. The van der Waals surface area contributed by atoms with Crippen molar-refractivity contribution in [2.24, 2.45) is 11.8 Å². The number of halogens is 1. The van der Waals surface area contributed by atoms with Gasteiger partial charge in [-0.15, -0.1) is 0 Å². The van der Waals surface area contributed by atoms with Crippen LogP contribution in [0.4, 0.5) is 0 Å². The van der Waals surface area contributed by atoms with E-state index in [1.54, 1.807) is 0 Å². The number of hydrogen-bond donors (Lipinski definition) is 0. The van der Waals surface area contributed by atoms with Gasteiger partial charge < -0.3 is 0 Å². The number of hydrogen-bond acceptors (Lipinski definition) is 2. The van der Waals surface area contributed by atoms with Crippen LogP contribution in [-0.2, 0) is 0 Å². The maximum atomic E-state index is 5.90. The summed E-state index contributed by atoms with van der Waals surface area (Å²) in [4.78, 5) is 8.82.